The van der Waals surface area contributed by atoms with Gasteiger partial charge in [0.05, 0.1) is 13.2 Å². The lowest BCUT2D eigenvalue weighted by Gasteiger charge is -2.25. The van der Waals surface area contributed by atoms with Crippen LogP contribution in [-0.2, 0) is 11.3 Å². The van der Waals surface area contributed by atoms with Gasteiger partial charge in [0.25, 0.3) is 0 Å². The molecule has 0 saturated heterocycles. The van der Waals surface area contributed by atoms with Gasteiger partial charge in [0.2, 0.25) is 5.91 Å². The van der Waals surface area contributed by atoms with E-state index in [9.17, 15) is 4.79 Å². The molecule has 1 fully saturated rings. The summed E-state index contributed by atoms with van der Waals surface area (Å²) in [6.07, 6.45) is 2.54. The number of carbonyl (C=O) groups is 1. The number of amides is 1. The summed E-state index contributed by atoms with van der Waals surface area (Å²) in [5, 5.41) is 6.27. The van der Waals surface area contributed by atoms with Gasteiger partial charge in [-0.05, 0) is 45.6 Å². The van der Waals surface area contributed by atoms with E-state index in [0.29, 0.717) is 12.5 Å². The van der Waals surface area contributed by atoms with Crippen molar-refractivity contribution in [3.05, 3.63) is 29.8 Å². The van der Waals surface area contributed by atoms with Crippen molar-refractivity contribution >= 4 is 35.8 Å². The van der Waals surface area contributed by atoms with Gasteiger partial charge in [0.1, 0.15) is 5.75 Å². The van der Waals surface area contributed by atoms with Crippen LogP contribution in [-0.4, -0.2) is 49.6 Å². The largest absolute Gasteiger partial charge is 0.493 e. The molecule has 2 N–H and O–H groups in total. The average molecular weight is 488 g/mol. The molecule has 0 unspecified atom stereocenters. The zero-order valence-corrected chi connectivity index (χ0v) is 19.4. The number of carbonyl (C=O) groups excluding carboxylic acids is 1. The van der Waals surface area contributed by atoms with Crippen LogP contribution in [0.5, 0.6) is 5.75 Å². The molecule has 0 heterocycles. The van der Waals surface area contributed by atoms with Crippen LogP contribution in [0.15, 0.2) is 29.3 Å². The molecule has 0 aromatic heterocycles. The third-order valence-electron chi connectivity index (χ3n) is 4.05. The zero-order chi connectivity index (χ0) is 19.2. The Bertz CT molecular complexity index is 639. The fourth-order valence-corrected chi connectivity index (χ4v) is 2.59. The molecular formula is C20H33IN4O2. The summed E-state index contributed by atoms with van der Waals surface area (Å²) < 4.78 is 5.95. The highest BCUT2D eigenvalue weighted by Gasteiger charge is 2.22. The van der Waals surface area contributed by atoms with Crippen molar-refractivity contribution in [2.45, 2.75) is 45.7 Å². The fourth-order valence-electron chi connectivity index (χ4n) is 2.59. The third kappa shape index (κ3) is 8.81. The third-order valence-corrected chi connectivity index (χ3v) is 4.05. The van der Waals surface area contributed by atoms with Crippen LogP contribution in [0.3, 0.4) is 0 Å². The molecule has 1 saturated carbocycles. The molecule has 1 aliphatic rings. The molecule has 27 heavy (non-hydrogen) atoms. The van der Waals surface area contributed by atoms with Gasteiger partial charge in [-0.25, -0.2) is 0 Å². The second-order valence-corrected chi connectivity index (χ2v) is 7.92. The second kappa shape index (κ2) is 10.7. The maximum absolute atomic E-state index is 12.1. The molecule has 152 valence electrons. The molecule has 1 aliphatic carbocycles. The highest BCUT2D eigenvalue weighted by atomic mass is 127. The normalized spacial score (nSPS) is 14.2. The number of halogens is 1. The van der Waals surface area contributed by atoms with Gasteiger partial charge < -0.3 is 20.3 Å². The quantitative estimate of drug-likeness (QED) is 0.352. The van der Waals surface area contributed by atoms with Crippen LogP contribution in [0.2, 0.25) is 0 Å². The number of likely N-dealkylation sites (N-methyl/N-ethyl adjacent to an activating group) is 1. The number of nitrogens with one attached hydrogen (secondary N) is 2. The van der Waals surface area contributed by atoms with Gasteiger partial charge in [-0.1, -0.05) is 18.2 Å². The Morgan fingerprint density at radius 2 is 1.96 bits per heavy atom. The van der Waals surface area contributed by atoms with Gasteiger partial charge in [0, 0.05) is 31.7 Å². The number of nitrogens with zero attached hydrogens (tertiary/aromatic N) is 2. The van der Waals surface area contributed by atoms with E-state index in [1.165, 1.54) is 12.8 Å². The van der Waals surface area contributed by atoms with E-state index in [1.807, 2.05) is 50.9 Å². The first-order valence-corrected chi connectivity index (χ1v) is 9.22. The standard InChI is InChI=1S/C20H32N4O2.HI/c1-20(2,3)23-18(25)13-24(5)19(21-4)22-12-16-8-6-7-9-17(16)26-14-15-10-11-15;/h6-9,15H,10-14H2,1-5H3,(H,21,22)(H,23,25);1H. The molecule has 0 bridgehead atoms. The van der Waals surface area contributed by atoms with Gasteiger partial charge >= 0.3 is 0 Å². The number of hydrogen-bond donors (Lipinski definition) is 2. The maximum atomic E-state index is 12.1. The summed E-state index contributed by atoms with van der Waals surface area (Å²) in [5.74, 6) is 2.27. The maximum Gasteiger partial charge on any atom is 0.240 e. The Balaban J connectivity index is 0.00000364. The van der Waals surface area contributed by atoms with Gasteiger partial charge in [-0.3, -0.25) is 9.79 Å². The monoisotopic (exact) mass is 488 g/mol. The van der Waals surface area contributed by atoms with Gasteiger partial charge in [0.15, 0.2) is 5.96 Å². The Morgan fingerprint density at radius 1 is 1.30 bits per heavy atom. The molecule has 0 radical (unpaired) electrons. The van der Waals surface area contributed by atoms with Crippen molar-refractivity contribution in [2.24, 2.45) is 10.9 Å². The zero-order valence-electron chi connectivity index (χ0n) is 17.0. The van der Waals surface area contributed by atoms with Crippen molar-refractivity contribution in [1.82, 2.24) is 15.5 Å². The van der Waals surface area contributed by atoms with Crippen molar-refractivity contribution in [2.75, 3.05) is 27.2 Å². The first-order valence-electron chi connectivity index (χ1n) is 9.22. The van der Waals surface area contributed by atoms with Crippen molar-refractivity contribution < 1.29 is 9.53 Å². The number of ether oxygens (including phenoxy) is 1. The Labute approximate surface area is 180 Å². The molecule has 7 heteroatoms. The minimum absolute atomic E-state index is 0. The molecule has 0 aliphatic heterocycles. The average Bonchev–Trinajstić information content (AvgIpc) is 3.36. The highest BCUT2D eigenvalue weighted by molar-refractivity contribution is 14.0. The van der Waals surface area contributed by atoms with Crippen molar-refractivity contribution in [1.29, 1.82) is 0 Å². The SMILES string of the molecule is CN=C(NCc1ccccc1OCC1CC1)N(C)CC(=O)NC(C)(C)C.I. The van der Waals surface area contributed by atoms with Crippen LogP contribution in [0.1, 0.15) is 39.2 Å². The lowest BCUT2D eigenvalue weighted by atomic mass is 10.1. The Morgan fingerprint density at radius 3 is 2.56 bits per heavy atom. The number of rotatable bonds is 7. The summed E-state index contributed by atoms with van der Waals surface area (Å²) in [4.78, 5) is 18.2. The summed E-state index contributed by atoms with van der Waals surface area (Å²) in [7, 11) is 3.57. The summed E-state index contributed by atoms with van der Waals surface area (Å²) in [6, 6.07) is 8.05. The molecule has 0 atom stereocenters. The molecule has 2 rings (SSSR count). The molecule has 1 aromatic carbocycles. The van der Waals surface area contributed by atoms with E-state index in [2.05, 4.69) is 21.7 Å². The first-order chi connectivity index (χ1) is 12.3. The van der Waals surface area contributed by atoms with E-state index in [-0.39, 0.29) is 42.0 Å². The molecule has 1 aromatic rings. The van der Waals surface area contributed by atoms with Crippen LogP contribution in [0.4, 0.5) is 0 Å². The summed E-state index contributed by atoms with van der Waals surface area (Å²) in [5.41, 5.74) is 0.842. The predicted molar refractivity (Wildman–Crippen MR) is 121 cm³/mol. The summed E-state index contributed by atoms with van der Waals surface area (Å²) >= 11 is 0. The molecule has 1 amide bonds. The van der Waals surface area contributed by atoms with E-state index in [4.69, 9.17) is 4.74 Å². The van der Waals surface area contributed by atoms with Crippen LogP contribution in [0, 0.1) is 5.92 Å². The van der Waals surface area contributed by atoms with E-state index in [0.717, 1.165) is 23.8 Å². The Hall–Kier alpha value is -1.51. The molecular weight excluding hydrogens is 455 g/mol. The van der Waals surface area contributed by atoms with Crippen LogP contribution < -0.4 is 15.4 Å². The van der Waals surface area contributed by atoms with Crippen LogP contribution >= 0.6 is 24.0 Å². The predicted octanol–water partition coefficient (Wildman–Crippen LogP) is 3.02. The number of benzene rings is 1. The number of aliphatic imine (C=N–C) groups is 1. The Kier molecular flexibility index (Phi) is 9.35. The topological polar surface area (TPSA) is 66.0 Å². The van der Waals surface area contributed by atoms with Gasteiger partial charge in [-0.2, -0.15) is 0 Å². The number of guanidine groups is 1. The lowest BCUT2D eigenvalue weighted by molar-refractivity contribution is -0.122. The van der Waals surface area contributed by atoms with E-state index in [1.54, 1.807) is 7.05 Å². The summed E-state index contributed by atoms with van der Waals surface area (Å²) in [6.45, 7) is 7.54. The van der Waals surface area contributed by atoms with E-state index >= 15 is 0 Å². The second-order valence-electron chi connectivity index (χ2n) is 7.92. The fraction of sp³-hybridized carbons (Fsp3) is 0.600. The molecule has 0 spiro atoms. The molecule has 6 nitrogen and oxygen atoms in total. The highest BCUT2D eigenvalue weighted by Crippen LogP contribution is 2.30. The minimum atomic E-state index is -0.243. The van der Waals surface area contributed by atoms with E-state index < -0.39 is 0 Å². The minimum Gasteiger partial charge on any atom is -0.493 e. The van der Waals surface area contributed by atoms with Crippen LogP contribution in [0.25, 0.3) is 0 Å². The first kappa shape index (κ1) is 23.5. The van der Waals surface area contributed by atoms with Crippen molar-refractivity contribution in [3.63, 3.8) is 0 Å². The number of hydrogen-bond acceptors (Lipinski definition) is 3. The smallest absolute Gasteiger partial charge is 0.240 e. The van der Waals surface area contributed by atoms with Crippen molar-refractivity contribution in [3.8, 4) is 5.75 Å². The lowest BCUT2D eigenvalue weighted by Crippen LogP contribution is -2.48. The van der Waals surface area contributed by atoms with Gasteiger partial charge in [-0.15, -0.1) is 24.0 Å². The number of para-hydroxylation sites is 1.